The van der Waals surface area contributed by atoms with Crippen LogP contribution in [-0.2, 0) is 4.79 Å². The number of aromatic nitrogens is 2. The predicted octanol–water partition coefficient (Wildman–Crippen LogP) is 3.09. The van der Waals surface area contributed by atoms with E-state index in [0.29, 0.717) is 22.8 Å². The second-order valence-corrected chi connectivity index (χ2v) is 5.32. The van der Waals surface area contributed by atoms with Crippen LogP contribution >= 0.6 is 0 Å². The lowest BCUT2D eigenvalue weighted by atomic mass is 10.2. The van der Waals surface area contributed by atoms with Crippen molar-refractivity contribution in [3.8, 4) is 11.5 Å². The maximum atomic E-state index is 12.1. The van der Waals surface area contributed by atoms with E-state index in [0.717, 1.165) is 0 Å². The van der Waals surface area contributed by atoms with Crippen LogP contribution in [0.3, 0.4) is 0 Å². The zero-order valence-electron chi connectivity index (χ0n) is 13.6. The number of nitrogens with one attached hydrogen (secondary N) is 2. The standard InChI is InChI=1S/C17H15N5O4/c23-16(8-9-18-14-6-1-2-7-15(14)22(24)25)20-13-5-3-4-12(10-13)17-21-19-11-26-17/h1-7,10-11,18H,8-9H2,(H,20,23). The third-order valence-corrected chi connectivity index (χ3v) is 3.52. The van der Waals surface area contributed by atoms with Crippen LogP contribution in [0, 0.1) is 10.1 Å². The minimum Gasteiger partial charge on any atom is -0.423 e. The molecule has 0 radical (unpaired) electrons. The van der Waals surface area contributed by atoms with Gasteiger partial charge in [0.15, 0.2) is 0 Å². The molecule has 2 N–H and O–H groups in total. The van der Waals surface area contributed by atoms with E-state index < -0.39 is 4.92 Å². The maximum absolute atomic E-state index is 12.1. The molecule has 2 aromatic carbocycles. The first kappa shape index (κ1) is 17.1. The maximum Gasteiger partial charge on any atom is 0.292 e. The van der Waals surface area contributed by atoms with Gasteiger partial charge in [-0.15, -0.1) is 10.2 Å². The fourth-order valence-corrected chi connectivity index (χ4v) is 2.35. The van der Waals surface area contributed by atoms with Gasteiger partial charge in [0, 0.05) is 30.3 Å². The van der Waals surface area contributed by atoms with Gasteiger partial charge in [-0.05, 0) is 24.3 Å². The van der Waals surface area contributed by atoms with Crippen LogP contribution in [0.4, 0.5) is 17.1 Å². The number of para-hydroxylation sites is 2. The molecule has 0 aliphatic carbocycles. The Morgan fingerprint density at radius 2 is 2.04 bits per heavy atom. The summed E-state index contributed by atoms with van der Waals surface area (Å²) in [6.07, 6.45) is 1.38. The van der Waals surface area contributed by atoms with Crippen molar-refractivity contribution in [3.05, 3.63) is 65.0 Å². The second kappa shape index (κ2) is 7.88. The fraction of sp³-hybridized carbons (Fsp3) is 0.118. The van der Waals surface area contributed by atoms with Gasteiger partial charge in [-0.3, -0.25) is 14.9 Å². The quantitative estimate of drug-likeness (QED) is 0.494. The van der Waals surface area contributed by atoms with E-state index in [1.165, 1.54) is 12.5 Å². The third-order valence-electron chi connectivity index (χ3n) is 3.52. The van der Waals surface area contributed by atoms with Gasteiger partial charge in [0.2, 0.25) is 18.2 Å². The van der Waals surface area contributed by atoms with Gasteiger partial charge in [-0.1, -0.05) is 18.2 Å². The Bertz CT molecular complexity index is 911. The first-order valence-corrected chi connectivity index (χ1v) is 7.77. The highest BCUT2D eigenvalue weighted by molar-refractivity contribution is 5.91. The molecule has 0 spiro atoms. The van der Waals surface area contributed by atoms with Gasteiger partial charge in [-0.2, -0.15) is 0 Å². The van der Waals surface area contributed by atoms with E-state index in [4.69, 9.17) is 4.42 Å². The summed E-state index contributed by atoms with van der Waals surface area (Å²) in [6.45, 7) is 0.264. The molecule has 9 heteroatoms. The number of anilines is 2. The Morgan fingerprint density at radius 1 is 1.19 bits per heavy atom. The normalized spacial score (nSPS) is 10.3. The first-order valence-electron chi connectivity index (χ1n) is 7.77. The molecule has 132 valence electrons. The minimum absolute atomic E-state index is 0.0276. The predicted molar refractivity (Wildman–Crippen MR) is 94.6 cm³/mol. The molecule has 0 unspecified atom stereocenters. The summed E-state index contributed by atoms with van der Waals surface area (Å²) in [5.41, 5.74) is 1.64. The van der Waals surface area contributed by atoms with E-state index in [2.05, 4.69) is 20.8 Å². The monoisotopic (exact) mass is 353 g/mol. The highest BCUT2D eigenvalue weighted by atomic mass is 16.6. The average Bonchev–Trinajstić information content (AvgIpc) is 3.17. The van der Waals surface area contributed by atoms with Crippen molar-refractivity contribution in [3.63, 3.8) is 0 Å². The van der Waals surface area contributed by atoms with E-state index >= 15 is 0 Å². The second-order valence-electron chi connectivity index (χ2n) is 5.32. The summed E-state index contributed by atoms with van der Waals surface area (Å²) < 4.78 is 5.12. The van der Waals surface area contributed by atoms with E-state index in [1.54, 1.807) is 42.5 Å². The molecule has 0 saturated carbocycles. The number of carbonyl (C=O) groups is 1. The Labute approximate surface area is 148 Å². The number of carbonyl (C=O) groups excluding carboxylic acids is 1. The first-order chi connectivity index (χ1) is 12.6. The molecule has 0 aliphatic heterocycles. The number of amides is 1. The van der Waals surface area contributed by atoms with Crippen LogP contribution in [0.2, 0.25) is 0 Å². The van der Waals surface area contributed by atoms with Gasteiger partial charge in [-0.25, -0.2) is 0 Å². The number of nitro groups is 1. The highest BCUT2D eigenvalue weighted by Gasteiger charge is 2.12. The summed E-state index contributed by atoms with van der Waals surface area (Å²) in [7, 11) is 0. The minimum atomic E-state index is -0.467. The van der Waals surface area contributed by atoms with E-state index in [9.17, 15) is 14.9 Å². The molecule has 9 nitrogen and oxygen atoms in total. The van der Waals surface area contributed by atoms with Crippen molar-refractivity contribution in [2.24, 2.45) is 0 Å². The smallest absolute Gasteiger partial charge is 0.292 e. The largest absolute Gasteiger partial charge is 0.423 e. The lowest BCUT2D eigenvalue weighted by Crippen LogP contribution is -2.16. The number of hydrogen-bond acceptors (Lipinski definition) is 7. The van der Waals surface area contributed by atoms with Crippen molar-refractivity contribution in [1.82, 2.24) is 10.2 Å². The van der Waals surface area contributed by atoms with Crippen LogP contribution in [0.25, 0.3) is 11.5 Å². The Kier molecular flexibility index (Phi) is 5.18. The molecule has 0 fully saturated rings. The molecule has 0 saturated heterocycles. The van der Waals surface area contributed by atoms with Crippen LogP contribution < -0.4 is 10.6 Å². The average molecular weight is 353 g/mol. The Balaban J connectivity index is 1.55. The molecule has 0 atom stereocenters. The fourth-order valence-electron chi connectivity index (χ4n) is 2.35. The Morgan fingerprint density at radius 3 is 2.81 bits per heavy atom. The molecule has 0 bridgehead atoms. The third kappa shape index (κ3) is 4.20. The van der Waals surface area contributed by atoms with Gasteiger partial charge < -0.3 is 15.1 Å². The summed E-state index contributed by atoms with van der Waals surface area (Å²) in [5.74, 6) is 0.137. The van der Waals surface area contributed by atoms with E-state index in [1.807, 2.05) is 0 Å². The summed E-state index contributed by atoms with van der Waals surface area (Å²) in [6, 6.07) is 13.3. The van der Waals surface area contributed by atoms with Crippen molar-refractivity contribution in [2.45, 2.75) is 6.42 Å². The molecule has 26 heavy (non-hydrogen) atoms. The van der Waals surface area contributed by atoms with Crippen molar-refractivity contribution in [1.29, 1.82) is 0 Å². The van der Waals surface area contributed by atoms with Gasteiger partial charge >= 0.3 is 0 Å². The summed E-state index contributed by atoms with van der Waals surface area (Å²) in [4.78, 5) is 22.6. The topological polar surface area (TPSA) is 123 Å². The highest BCUT2D eigenvalue weighted by Crippen LogP contribution is 2.23. The van der Waals surface area contributed by atoms with Gasteiger partial charge in [0.25, 0.3) is 5.69 Å². The number of benzene rings is 2. The molecule has 1 amide bonds. The molecule has 3 aromatic rings. The molecular formula is C17H15N5O4. The van der Waals surface area contributed by atoms with Crippen molar-refractivity contribution in [2.75, 3.05) is 17.2 Å². The van der Waals surface area contributed by atoms with Crippen molar-refractivity contribution >= 4 is 23.0 Å². The lowest BCUT2D eigenvalue weighted by molar-refractivity contribution is -0.384. The Hall–Kier alpha value is -3.75. The molecule has 1 aromatic heterocycles. The molecule has 0 aliphatic rings. The summed E-state index contributed by atoms with van der Waals surface area (Å²) >= 11 is 0. The van der Waals surface area contributed by atoms with Crippen LogP contribution in [-0.4, -0.2) is 27.6 Å². The zero-order chi connectivity index (χ0) is 18.4. The molecule has 3 rings (SSSR count). The number of nitrogens with zero attached hydrogens (tertiary/aromatic N) is 3. The molecule has 1 heterocycles. The summed E-state index contributed by atoms with van der Waals surface area (Å²) in [5, 5.41) is 24.1. The van der Waals surface area contributed by atoms with Crippen LogP contribution in [0.15, 0.2) is 59.3 Å². The number of hydrogen-bond donors (Lipinski definition) is 2. The van der Waals surface area contributed by atoms with Gasteiger partial charge in [0.1, 0.15) is 5.69 Å². The lowest BCUT2D eigenvalue weighted by Gasteiger charge is -2.08. The van der Waals surface area contributed by atoms with Crippen molar-refractivity contribution < 1.29 is 14.1 Å². The van der Waals surface area contributed by atoms with Crippen LogP contribution in [0.1, 0.15) is 6.42 Å². The van der Waals surface area contributed by atoms with Crippen LogP contribution in [0.5, 0.6) is 0 Å². The SMILES string of the molecule is O=C(CCNc1ccccc1[N+](=O)[O-])Nc1cccc(-c2nnco2)c1. The number of rotatable bonds is 7. The van der Waals surface area contributed by atoms with Gasteiger partial charge in [0.05, 0.1) is 4.92 Å². The van der Waals surface area contributed by atoms with E-state index in [-0.39, 0.29) is 24.6 Å². The zero-order valence-corrected chi connectivity index (χ0v) is 13.6. The molecular weight excluding hydrogens is 338 g/mol. The number of nitro benzene ring substituents is 1.